The van der Waals surface area contributed by atoms with Crippen molar-refractivity contribution >= 4 is 18.3 Å². The lowest BCUT2D eigenvalue weighted by atomic mass is 10.00. The van der Waals surface area contributed by atoms with Gasteiger partial charge in [0, 0.05) is 18.5 Å². The number of hydrogen-bond donors (Lipinski definition) is 2. The summed E-state index contributed by atoms with van der Waals surface area (Å²) >= 11 is 0. The SMILES string of the molecule is Cc1ccc(CC(C)NC(=O)CC2CCCN2)c(C)c1.Cl. The van der Waals surface area contributed by atoms with Crippen molar-refractivity contribution in [1.29, 1.82) is 0 Å². The Balaban J connectivity index is 0.00000220. The summed E-state index contributed by atoms with van der Waals surface area (Å²) in [5.41, 5.74) is 3.92. The lowest BCUT2D eigenvalue weighted by Crippen LogP contribution is -2.37. The molecule has 2 atom stereocenters. The van der Waals surface area contributed by atoms with E-state index in [9.17, 15) is 4.79 Å². The predicted molar refractivity (Wildman–Crippen MR) is 90.1 cm³/mol. The standard InChI is InChI=1S/C17H26N2O.ClH/c1-12-6-7-15(13(2)9-12)10-14(3)19-17(20)11-16-5-4-8-18-16;/h6-7,9,14,16,18H,4-5,8,10-11H2,1-3H3,(H,19,20);1H. The van der Waals surface area contributed by atoms with E-state index < -0.39 is 0 Å². The molecule has 0 radical (unpaired) electrons. The van der Waals surface area contributed by atoms with E-state index in [-0.39, 0.29) is 24.4 Å². The molecule has 1 saturated heterocycles. The van der Waals surface area contributed by atoms with Crippen molar-refractivity contribution in [3.63, 3.8) is 0 Å². The van der Waals surface area contributed by atoms with Crippen LogP contribution in [0, 0.1) is 13.8 Å². The highest BCUT2D eigenvalue weighted by atomic mass is 35.5. The van der Waals surface area contributed by atoms with E-state index in [2.05, 4.69) is 49.6 Å². The molecule has 0 bridgehead atoms. The van der Waals surface area contributed by atoms with Crippen LogP contribution in [0.2, 0.25) is 0 Å². The normalized spacial score (nSPS) is 18.9. The molecule has 0 aromatic heterocycles. The number of rotatable bonds is 5. The van der Waals surface area contributed by atoms with Crippen LogP contribution in [0.4, 0.5) is 0 Å². The van der Waals surface area contributed by atoms with Gasteiger partial charge in [-0.25, -0.2) is 0 Å². The Morgan fingerprint density at radius 1 is 1.43 bits per heavy atom. The average Bonchev–Trinajstić information content (AvgIpc) is 2.85. The molecule has 1 aliphatic rings. The van der Waals surface area contributed by atoms with Gasteiger partial charge in [-0.3, -0.25) is 4.79 Å². The molecule has 0 spiro atoms. The Bertz CT molecular complexity index is 470. The molecule has 1 amide bonds. The van der Waals surface area contributed by atoms with Gasteiger partial charge in [0.2, 0.25) is 5.91 Å². The lowest BCUT2D eigenvalue weighted by Gasteiger charge is -2.17. The topological polar surface area (TPSA) is 41.1 Å². The summed E-state index contributed by atoms with van der Waals surface area (Å²) in [6, 6.07) is 7.07. The molecule has 0 saturated carbocycles. The van der Waals surface area contributed by atoms with Gasteiger partial charge in [-0.05, 0) is 57.7 Å². The third-order valence-electron chi connectivity index (χ3n) is 4.03. The molecule has 4 heteroatoms. The average molecular weight is 311 g/mol. The second-order valence-electron chi connectivity index (χ2n) is 6.10. The summed E-state index contributed by atoms with van der Waals surface area (Å²) in [6.45, 7) is 7.38. The van der Waals surface area contributed by atoms with Gasteiger partial charge in [0.25, 0.3) is 0 Å². The zero-order valence-corrected chi connectivity index (χ0v) is 14.1. The minimum atomic E-state index is 0. The summed E-state index contributed by atoms with van der Waals surface area (Å²) in [6.07, 6.45) is 3.82. The highest BCUT2D eigenvalue weighted by molar-refractivity contribution is 5.85. The number of benzene rings is 1. The van der Waals surface area contributed by atoms with Crippen molar-refractivity contribution in [3.8, 4) is 0 Å². The van der Waals surface area contributed by atoms with Crippen molar-refractivity contribution in [2.75, 3.05) is 6.54 Å². The van der Waals surface area contributed by atoms with Gasteiger partial charge >= 0.3 is 0 Å². The van der Waals surface area contributed by atoms with Crippen LogP contribution in [0.1, 0.15) is 42.9 Å². The van der Waals surface area contributed by atoms with Crippen molar-refractivity contribution in [2.24, 2.45) is 0 Å². The number of amides is 1. The maximum Gasteiger partial charge on any atom is 0.221 e. The number of aryl methyl sites for hydroxylation is 2. The molecule has 0 aliphatic carbocycles. The van der Waals surface area contributed by atoms with Crippen molar-refractivity contribution in [3.05, 3.63) is 34.9 Å². The van der Waals surface area contributed by atoms with Crippen LogP contribution in [0.25, 0.3) is 0 Å². The molecule has 2 unspecified atom stereocenters. The summed E-state index contributed by atoms with van der Waals surface area (Å²) < 4.78 is 0. The maximum atomic E-state index is 12.0. The van der Waals surface area contributed by atoms with Crippen molar-refractivity contribution in [2.45, 2.75) is 58.5 Å². The molecule has 1 heterocycles. The van der Waals surface area contributed by atoms with Gasteiger partial charge in [0.15, 0.2) is 0 Å². The first-order valence-corrected chi connectivity index (χ1v) is 7.63. The molecule has 1 aromatic carbocycles. The molecule has 1 aromatic rings. The molecule has 21 heavy (non-hydrogen) atoms. The van der Waals surface area contributed by atoms with Gasteiger partial charge < -0.3 is 10.6 Å². The quantitative estimate of drug-likeness (QED) is 0.878. The Kier molecular flexibility index (Phi) is 7.20. The van der Waals surface area contributed by atoms with Gasteiger partial charge in [0.1, 0.15) is 0 Å². The van der Waals surface area contributed by atoms with Crippen molar-refractivity contribution < 1.29 is 4.79 Å². The predicted octanol–water partition coefficient (Wildman–Crippen LogP) is 2.91. The number of nitrogens with one attached hydrogen (secondary N) is 2. The van der Waals surface area contributed by atoms with Crippen LogP contribution in [0.15, 0.2) is 18.2 Å². The number of halogens is 1. The summed E-state index contributed by atoms with van der Waals surface area (Å²) in [5, 5.41) is 6.48. The Hall–Kier alpha value is -1.06. The van der Waals surface area contributed by atoms with Gasteiger partial charge in [-0.15, -0.1) is 12.4 Å². The Morgan fingerprint density at radius 3 is 2.81 bits per heavy atom. The zero-order valence-electron chi connectivity index (χ0n) is 13.2. The van der Waals surface area contributed by atoms with Gasteiger partial charge in [0.05, 0.1) is 0 Å². The van der Waals surface area contributed by atoms with E-state index in [1.165, 1.54) is 23.1 Å². The first-order valence-electron chi connectivity index (χ1n) is 7.63. The summed E-state index contributed by atoms with van der Waals surface area (Å²) in [7, 11) is 0. The van der Waals surface area contributed by atoms with Crippen LogP contribution < -0.4 is 10.6 Å². The van der Waals surface area contributed by atoms with E-state index >= 15 is 0 Å². The molecular weight excluding hydrogens is 284 g/mol. The zero-order chi connectivity index (χ0) is 14.5. The smallest absolute Gasteiger partial charge is 0.221 e. The highest BCUT2D eigenvalue weighted by Crippen LogP contribution is 2.13. The summed E-state index contributed by atoms with van der Waals surface area (Å²) in [5.74, 6) is 0.168. The minimum absolute atomic E-state index is 0. The second kappa shape index (κ2) is 8.40. The number of carbonyl (C=O) groups is 1. The van der Waals surface area contributed by atoms with E-state index in [1.54, 1.807) is 0 Å². The van der Waals surface area contributed by atoms with E-state index in [0.717, 1.165) is 19.4 Å². The monoisotopic (exact) mass is 310 g/mol. The van der Waals surface area contributed by atoms with Gasteiger partial charge in [-0.1, -0.05) is 23.8 Å². The minimum Gasteiger partial charge on any atom is -0.353 e. The fourth-order valence-corrected chi connectivity index (χ4v) is 2.94. The molecule has 1 aliphatic heterocycles. The maximum absolute atomic E-state index is 12.0. The molecule has 1 fully saturated rings. The van der Waals surface area contributed by atoms with E-state index in [4.69, 9.17) is 0 Å². The van der Waals surface area contributed by atoms with Crippen LogP contribution >= 0.6 is 12.4 Å². The fourth-order valence-electron chi connectivity index (χ4n) is 2.94. The summed E-state index contributed by atoms with van der Waals surface area (Å²) in [4.78, 5) is 12.0. The lowest BCUT2D eigenvalue weighted by molar-refractivity contribution is -0.122. The van der Waals surface area contributed by atoms with E-state index in [0.29, 0.717) is 12.5 Å². The van der Waals surface area contributed by atoms with Crippen LogP contribution in [0.3, 0.4) is 0 Å². The molecule has 2 N–H and O–H groups in total. The van der Waals surface area contributed by atoms with Crippen molar-refractivity contribution in [1.82, 2.24) is 10.6 Å². The van der Waals surface area contributed by atoms with Gasteiger partial charge in [-0.2, -0.15) is 0 Å². The van der Waals surface area contributed by atoms with Crippen LogP contribution in [0.5, 0.6) is 0 Å². The number of carbonyl (C=O) groups excluding carboxylic acids is 1. The second-order valence-corrected chi connectivity index (χ2v) is 6.10. The largest absolute Gasteiger partial charge is 0.353 e. The fraction of sp³-hybridized carbons (Fsp3) is 0.588. The third-order valence-corrected chi connectivity index (χ3v) is 4.03. The van der Waals surface area contributed by atoms with Crippen LogP contribution in [-0.2, 0) is 11.2 Å². The first kappa shape index (κ1) is 18.0. The molecule has 2 rings (SSSR count). The first-order chi connectivity index (χ1) is 9.54. The molecule has 118 valence electrons. The Morgan fingerprint density at radius 2 is 2.19 bits per heavy atom. The highest BCUT2D eigenvalue weighted by Gasteiger charge is 2.18. The van der Waals surface area contributed by atoms with E-state index in [1.807, 2.05) is 0 Å². The number of hydrogen-bond acceptors (Lipinski definition) is 2. The molecular formula is C17H27ClN2O. The third kappa shape index (κ3) is 5.68. The molecule has 3 nitrogen and oxygen atoms in total. The Labute approximate surface area is 134 Å². The van der Waals surface area contributed by atoms with Crippen LogP contribution in [-0.4, -0.2) is 24.5 Å².